The van der Waals surface area contributed by atoms with E-state index in [1.807, 2.05) is 31.2 Å². The van der Waals surface area contributed by atoms with Crippen molar-refractivity contribution in [2.45, 2.75) is 20.0 Å². The molecule has 2 heteroatoms. The molecule has 0 unspecified atom stereocenters. The van der Waals surface area contributed by atoms with Gasteiger partial charge in [-0.2, -0.15) is 0 Å². The van der Waals surface area contributed by atoms with Crippen LogP contribution < -0.4 is 0 Å². The highest BCUT2D eigenvalue weighted by Gasteiger charge is 2.10. The molecule has 0 fully saturated rings. The number of rotatable bonds is 2. The minimum atomic E-state index is -0.576. The molecule has 2 nitrogen and oxygen atoms in total. The molecule has 0 aliphatic heterocycles. The van der Waals surface area contributed by atoms with Gasteiger partial charge in [-0.1, -0.05) is 35.7 Å². The number of hydrogen-bond acceptors (Lipinski definition) is 2. The Morgan fingerprint density at radius 1 is 1.43 bits per heavy atom. The maximum Gasteiger partial charge on any atom is 0.304 e. The van der Waals surface area contributed by atoms with E-state index >= 15 is 0 Å². The second-order valence-corrected chi connectivity index (χ2v) is 3.07. The van der Waals surface area contributed by atoms with E-state index < -0.39 is 6.10 Å². The lowest BCUT2D eigenvalue weighted by atomic mass is 10.1. The number of benzene rings is 1. The zero-order valence-electron chi connectivity index (χ0n) is 8.28. The number of ether oxygens (including phenoxy) is 1. The first-order valence-corrected chi connectivity index (χ1v) is 4.33. The van der Waals surface area contributed by atoms with Crippen LogP contribution in [0, 0.1) is 19.3 Å². The van der Waals surface area contributed by atoms with Crippen LogP contribution in [0.1, 0.15) is 24.2 Å². The molecule has 0 N–H and O–H groups in total. The molecule has 0 heterocycles. The van der Waals surface area contributed by atoms with Crippen LogP contribution in [0.5, 0.6) is 0 Å². The third-order valence-corrected chi connectivity index (χ3v) is 1.82. The van der Waals surface area contributed by atoms with Gasteiger partial charge in [0, 0.05) is 12.5 Å². The van der Waals surface area contributed by atoms with Gasteiger partial charge in [0.1, 0.15) is 0 Å². The van der Waals surface area contributed by atoms with Gasteiger partial charge < -0.3 is 4.74 Å². The molecule has 14 heavy (non-hydrogen) atoms. The van der Waals surface area contributed by atoms with Crippen molar-refractivity contribution in [3.05, 3.63) is 35.4 Å². The van der Waals surface area contributed by atoms with E-state index in [2.05, 4.69) is 5.92 Å². The molecule has 0 saturated carbocycles. The highest BCUT2D eigenvalue weighted by molar-refractivity contribution is 5.66. The van der Waals surface area contributed by atoms with E-state index in [1.54, 1.807) is 0 Å². The lowest BCUT2D eigenvalue weighted by Crippen LogP contribution is -2.06. The summed E-state index contributed by atoms with van der Waals surface area (Å²) < 4.78 is 4.95. The number of aryl methyl sites for hydroxylation is 1. The van der Waals surface area contributed by atoms with Gasteiger partial charge in [0.15, 0.2) is 6.10 Å². The molecule has 0 amide bonds. The first-order valence-electron chi connectivity index (χ1n) is 4.33. The maximum atomic E-state index is 10.7. The molecule has 1 rings (SSSR count). The van der Waals surface area contributed by atoms with Crippen LogP contribution in [0.3, 0.4) is 0 Å². The maximum absolute atomic E-state index is 10.7. The Kier molecular flexibility index (Phi) is 3.30. The summed E-state index contributed by atoms with van der Waals surface area (Å²) in [6.45, 7) is 3.33. The second kappa shape index (κ2) is 4.48. The summed E-state index contributed by atoms with van der Waals surface area (Å²) in [4.78, 5) is 10.7. The highest BCUT2D eigenvalue weighted by Crippen LogP contribution is 2.16. The topological polar surface area (TPSA) is 26.3 Å². The Morgan fingerprint density at radius 3 is 2.43 bits per heavy atom. The Hall–Kier alpha value is -1.75. The predicted octanol–water partition coefficient (Wildman–Crippen LogP) is 2.23. The lowest BCUT2D eigenvalue weighted by Gasteiger charge is -2.10. The monoisotopic (exact) mass is 188 g/mol. The van der Waals surface area contributed by atoms with Crippen molar-refractivity contribution in [2.75, 3.05) is 0 Å². The average molecular weight is 188 g/mol. The predicted molar refractivity (Wildman–Crippen MR) is 54.5 cm³/mol. The smallest absolute Gasteiger partial charge is 0.304 e. The second-order valence-electron chi connectivity index (χ2n) is 3.07. The average Bonchev–Trinajstić information content (AvgIpc) is 2.15. The largest absolute Gasteiger partial charge is 0.444 e. The molecule has 0 spiro atoms. The lowest BCUT2D eigenvalue weighted by molar-refractivity contribution is -0.144. The van der Waals surface area contributed by atoms with Gasteiger partial charge in [0.05, 0.1) is 0 Å². The Balaban J connectivity index is 2.85. The Labute approximate surface area is 83.9 Å². The first kappa shape index (κ1) is 10.3. The van der Waals surface area contributed by atoms with Crippen LogP contribution in [0.4, 0.5) is 0 Å². The summed E-state index contributed by atoms with van der Waals surface area (Å²) >= 11 is 0. The van der Waals surface area contributed by atoms with Crippen molar-refractivity contribution in [3.63, 3.8) is 0 Å². The van der Waals surface area contributed by atoms with Gasteiger partial charge in [0.25, 0.3) is 0 Å². The van der Waals surface area contributed by atoms with Gasteiger partial charge in [-0.15, -0.1) is 6.42 Å². The normalized spacial score (nSPS) is 11.5. The fraction of sp³-hybridized carbons (Fsp3) is 0.250. The molecule has 72 valence electrons. The molecule has 1 atom stereocenters. The van der Waals surface area contributed by atoms with Crippen molar-refractivity contribution in [2.24, 2.45) is 0 Å². The van der Waals surface area contributed by atoms with Crippen LogP contribution >= 0.6 is 0 Å². The molecule has 1 aromatic carbocycles. The molecule has 1 aromatic rings. The molecule has 0 radical (unpaired) electrons. The van der Waals surface area contributed by atoms with Crippen LogP contribution in [-0.4, -0.2) is 5.97 Å². The van der Waals surface area contributed by atoms with E-state index in [0.29, 0.717) is 0 Å². The molecular weight excluding hydrogens is 176 g/mol. The van der Waals surface area contributed by atoms with Gasteiger partial charge in [-0.05, 0) is 6.92 Å². The quantitative estimate of drug-likeness (QED) is 0.525. The van der Waals surface area contributed by atoms with Crippen molar-refractivity contribution < 1.29 is 9.53 Å². The summed E-state index contributed by atoms with van der Waals surface area (Å²) in [7, 11) is 0. The highest BCUT2D eigenvalue weighted by atomic mass is 16.5. The van der Waals surface area contributed by atoms with Crippen LogP contribution in [0.2, 0.25) is 0 Å². The fourth-order valence-corrected chi connectivity index (χ4v) is 1.11. The summed E-state index contributed by atoms with van der Waals surface area (Å²) in [5, 5.41) is 0. The van der Waals surface area contributed by atoms with E-state index in [0.717, 1.165) is 11.1 Å². The van der Waals surface area contributed by atoms with Gasteiger partial charge >= 0.3 is 5.97 Å². The molecule has 0 aromatic heterocycles. The molecule has 0 saturated heterocycles. The van der Waals surface area contributed by atoms with Crippen LogP contribution in [0.25, 0.3) is 0 Å². The SMILES string of the molecule is C#C[C@H](OC(C)=O)c1ccc(C)cc1. The van der Waals surface area contributed by atoms with E-state index in [4.69, 9.17) is 11.2 Å². The first-order chi connectivity index (χ1) is 6.63. The zero-order chi connectivity index (χ0) is 10.6. The minimum absolute atomic E-state index is 0.367. The van der Waals surface area contributed by atoms with Crippen molar-refractivity contribution in [1.82, 2.24) is 0 Å². The summed E-state index contributed by atoms with van der Waals surface area (Å²) in [6, 6.07) is 7.60. The van der Waals surface area contributed by atoms with E-state index in [9.17, 15) is 4.79 Å². The molecule has 0 aliphatic rings. The Bertz CT molecular complexity index is 357. The number of carbonyl (C=O) groups is 1. The van der Waals surface area contributed by atoms with Crippen LogP contribution in [-0.2, 0) is 9.53 Å². The van der Waals surface area contributed by atoms with Crippen molar-refractivity contribution >= 4 is 5.97 Å². The third kappa shape index (κ3) is 2.63. The third-order valence-electron chi connectivity index (χ3n) is 1.82. The van der Waals surface area contributed by atoms with E-state index in [1.165, 1.54) is 6.92 Å². The molecule has 0 bridgehead atoms. The summed E-state index contributed by atoms with van der Waals surface area (Å²) in [5.41, 5.74) is 1.97. The molecular formula is C12H12O2. The molecule has 0 aliphatic carbocycles. The van der Waals surface area contributed by atoms with Gasteiger partial charge in [0.2, 0.25) is 0 Å². The number of esters is 1. The van der Waals surface area contributed by atoms with Gasteiger partial charge in [-0.3, -0.25) is 4.79 Å². The zero-order valence-corrected chi connectivity index (χ0v) is 8.28. The van der Waals surface area contributed by atoms with Crippen molar-refractivity contribution in [1.29, 1.82) is 0 Å². The summed E-state index contributed by atoms with van der Waals surface area (Å²) in [6.07, 6.45) is 4.69. The minimum Gasteiger partial charge on any atom is -0.444 e. The Morgan fingerprint density at radius 2 is 2.00 bits per heavy atom. The van der Waals surface area contributed by atoms with Crippen molar-refractivity contribution in [3.8, 4) is 12.3 Å². The number of hydrogen-bond donors (Lipinski definition) is 0. The van der Waals surface area contributed by atoms with E-state index in [-0.39, 0.29) is 5.97 Å². The van der Waals surface area contributed by atoms with Crippen LogP contribution in [0.15, 0.2) is 24.3 Å². The fourth-order valence-electron chi connectivity index (χ4n) is 1.11. The van der Waals surface area contributed by atoms with Gasteiger partial charge in [-0.25, -0.2) is 0 Å². The standard InChI is InChI=1S/C12H12O2/c1-4-12(14-10(3)13)11-7-5-9(2)6-8-11/h1,5-8,12H,2-3H3/t12-/m0/s1. The number of terminal acetylenes is 1. The number of carbonyl (C=O) groups excluding carboxylic acids is 1. The summed E-state index contributed by atoms with van der Waals surface area (Å²) in [5.74, 6) is 2.06.